The molecule has 0 bridgehead atoms. The van der Waals surface area contributed by atoms with Crippen LogP contribution in [0, 0.1) is 5.92 Å². The Morgan fingerprint density at radius 3 is 2.27 bits per heavy atom. The summed E-state index contributed by atoms with van der Waals surface area (Å²) < 4.78 is 9.72. The lowest BCUT2D eigenvalue weighted by atomic mass is 9.95. The van der Waals surface area contributed by atoms with Gasteiger partial charge in [0.25, 0.3) is 0 Å². The van der Waals surface area contributed by atoms with E-state index in [1.165, 1.54) is 0 Å². The first-order chi connectivity index (χ1) is 14.3. The highest BCUT2D eigenvalue weighted by Crippen LogP contribution is 2.17. The topological polar surface area (TPSA) is 119 Å². The molecule has 1 amide bonds. The Balaban J connectivity index is 2.16. The number of benzene rings is 2. The number of carbonyl (C=O) groups excluding carboxylic acids is 3. The van der Waals surface area contributed by atoms with Gasteiger partial charge >= 0.3 is 17.9 Å². The summed E-state index contributed by atoms with van der Waals surface area (Å²) in [6.45, 7) is 3.25. The van der Waals surface area contributed by atoms with Crippen LogP contribution in [0.4, 0.5) is 0 Å². The Kier molecular flexibility index (Phi) is 8.34. The molecular weight excluding hydrogens is 390 g/mol. The van der Waals surface area contributed by atoms with Gasteiger partial charge < -0.3 is 19.9 Å². The van der Waals surface area contributed by atoms with Gasteiger partial charge in [0.2, 0.25) is 5.91 Å². The molecule has 8 nitrogen and oxygen atoms in total. The molecule has 0 heterocycles. The van der Waals surface area contributed by atoms with Gasteiger partial charge in [0.1, 0.15) is 6.04 Å². The van der Waals surface area contributed by atoms with Crippen LogP contribution in [-0.4, -0.2) is 48.2 Å². The quantitative estimate of drug-likeness (QED) is 0.570. The van der Waals surface area contributed by atoms with Crippen molar-refractivity contribution in [1.29, 1.82) is 0 Å². The third kappa shape index (κ3) is 6.30. The molecule has 8 heteroatoms. The number of aliphatic carboxylic acids is 1. The molecule has 2 aromatic rings. The molecule has 0 spiro atoms. The number of hydrogen-bond acceptors (Lipinski definition) is 6. The van der Waals surface area contributed by atoms with Crippen molar-refractivity contribution in [2.24, 2.45) is 5.92 Å². The van der Waals surface area contributed by atoms with Crippen LogP contribution in [0.25, 0.3) is 10.8 Å². The highest BCUT2D eigenvalue weighted by atomic mass is 16.5. The molecule has 30 heavy (non-hydrogen) atoms. The van der Waals surface area contributed by atoms with Crippen molar-refractivity contribution in [3.63, 3.8) is 0 Å². The van der Waals surface area contributed by atoms with Gasteiger partial charge in [-0.05, 0) is 30.2 Å². The fourth-order valence-electron chi connectivity index (χ4n) is 3.08. The van der Waals surface area contributed by atoms with Crippen LogP contribution < -0.4 is 5.32 Å². The number of rotatable bonds is 10. The number of fused-ring (bicyclic) bond motifs is 1. The molecular formula is C22H25NO7. The van der Waals surface area contributed by atoms with Crippen LogP contribution in [0.1, 0.15) is 25.8 Å². The van der Waals surface area contributed by atoms with E-state index in [9.17, 15) is 24.3 Å². The predicted octanol–water partition coefficient (Wildman–Crippen LogP) is 2.08. The Labute approximate surface area is 174 Å². The molecule has 0 unspecified atom stereocenters. The zero-order valence-corrected chi connectivity index (χ0v) is 16.9. The predicted molar refractivity (Wildman–Crippen MR) is 109 cm³/mol. The summed E-state index contributed by atoms with van der Waals surface area (Å²) >= 11 is 0. The SMILES string of the molecule is CCOC(=O)C[C@@H](C(=O)OCC)[C@@H](NC(=O)Cc1ccc2ccccc2c1)C(=O)O. The molecule has 0 aromatic heterocycles. The number of esters is 2. The average Bonchev–Trinajstić information content (AvgIpc) is 2.70. The van der Waals surface area contributed by atoms with E-state index in [2.05, 4.69) is 5.32 Å². The van der Waals surface area contributed by atoms with Crippen molar-refractivity contribution in [3.8, 4) is 0 Å². The van der Waals surface area contributed by atoms with E-state index in [4.69, 9.17) is 9.47 Å². The van der Waals surface area contributed by atoms with Crippen molar-refractivity contribution in [3.05, 3.63) is 48.0 Å². The zero-order valence-electron chi connectivity index (χ0n) is 16.9. The third-order valence-electron chi connectivity index (χ3n) is 4.44. The lowest BCUT2D eigenvalue weighted by Crippen LogP contribution is -2.50. The molecule has 0 fully saturated rings. The second kappa shape index (κ2) is 10.9. The van der Waals surface area contributed by atoms with E-state index < -0.39 is 42.2 Å². The maximum atomic E-state index is 12.5. The van der Waals surface area contributed by atoms with Crippen LogP contribution in [0.5, 0.6) is 0 Å². The molecule has 0 radical (unpaired) electrons. The van der Waals surface area contributed by atoms with E-state index in [0.29, 0.717) is 5.56 Å². The summed E-state index contributed by atoms with van der Waals surface area (Å²) in [5.41, 5.74) is 0.688. The zero-order chi connectivity index (χ0) is 22.1. The van der Waals surface area contributed by atoms with Gasteiger partial charge in [-0.15, -0.1) is 0 Å². The number of carboxylic acids is 1. The molecule has 0 aliphatic heterocycles. The van der Waals surface area contributed by atoms with E-state index in [-0.39, 0.29) is 19.6 Å². The maximum Gasteiger partial charge on any atom is 0.327 e. The third-order valence-corrected chi connectivity index (χ3v) is 4.44. The normalized spacial score (nSPS) is 12.6. The summed E-state index contributed by atoms with van der Waals surface area (Å²) in [6, 6.07) is 11.5. The average molecular weight is 415 g/mol. The van der Waals surface area contributed by atoms with Gasteiger partial charge in [-0.3, -0.25) is 14.4 Å². The molecule has 2 rings (SSSR count). The highest BCUT2D eigenvalue weighted by Gasteiger charge is 2.38. The van der Waals surface area contributed by atoms with Crippen molar-refractivity contribution < 1.29 is 33.8 Å². The highest BCUT2D eigenvalue weighted by molar-refractivity contribution is 5.91. The molecule has 2 atom stereocenters. The largest absolute Gasteiger partial charge is 0.480 e. The fraction of sp³-hybridized carbons (Fsp3) is 0.364. The van der Waals surface area contributed by atoms with E-state index in [1.807, 2.05) is 36.4 Å². The smallest absolute Gasteiger partial charge is 0.327 e. The number of ether oxygens (including phenoxy) is 2. The molecule has 0 aliphatic carbocycles. The van der Waals surface area contributed by atoms with Gasteiger partial charge in [0.05, 0.1) is 32.0 Å². The summed E-state index contributed by atoms with van der Waals surface area (Å²) in [5.74, 6) is -5.06. The second-order valence-electron chi connectivity index (χ2n) is 6.61. The first-order valence-electron chi connectivity index (χ1n) is 9.67. The summed E-state index contributed by atoms with van der Waals surface area (Å²) in [7, 11) is 0. The van der Waals surface area contributed by atoms with E-state index >= 15 is 0 Å². The van der Waals surface area contributed by atoms with Crippen molar-refractivity contribution >= 4 is 34.6 Å². The minimum atomic E-state index is -1.62. The maximum absolute atomic E-state index is 12.5. The number of hydrogen-bond donors (Lipinski definition) is 2. The lowest BCUT2D eigenvalue weighted by Gasteiger charge is -2.23. The molecule has 0 aliphatic rings. The van der Waals surface area contributed by atoms with Gasteiger partial charge in [-0.25, -0.2) is 4.79 Å². The van der Waals surface area contributed by atoms with E-state index in [0.717, 1.165) is 10.8 Å². The van der Waals surface area contributed by atoms with Crippen LogP contribution in [0.3, 0.4) is 0 Å². The van der Waals surface area contributed by atoms with Crippen LogP contribution in [0.2, 0.25) is 0 Å². The van der Waals surface area contributed by atoms with E-state index in [1.54, 1.807) is 19.9 Å². The molecule has 2 aromatic carbocycles. The Hall–Kier alpha value is -3.42. The standard InChI is InChI=1S/C22H25NO7/c1-3-29-19(25)13-17(22(28)30-4-2)20(21(26)27)23-18(24)12-14-9-10-15-7-5-6-8-16(15)11-14/h5-11,17,20H,3-4,12-13H2,1-2H3,(H,23,24)(H,26,27)/t17-,20-/m1/s1. The summed E-state index contributed by atoms with van der Waals surface area (Å²) in [6.07, 6.45) is -0.594. The number of carbonyl (C=O) groups is 4. The number of carboxylic acid groups (broad SMARTS) is 1. The lowest BCUT2D eigenvalue weighted by molar-refractivity contribution is -0.160. The van der Waals surface area contributed by atoms with Crippen LogP contribution in [-0.2, 0) is 35.1 Å². The second-order valence-corrected chi connectivity index (χ2v) is 6.61. The Morgan fingerprint density at radius 1 is 0.967 bits per heavy atom. The first kappa shape index (κ1) is 22.9. The minimum absolute atomic E-state index is 0.00946. The molecule has 2 N–H and O–H groups in total. The van der Waals surface area contributed by atoms with Gasteiger partial charge in [-0.2, -0.15) is 0 Å². The fourth-order valence-corrected chi connectivity index (χ4v) is 3.08. The van der Waals surface area contributed by atoms with Gasteiger partial charge in [-0.1, -0.05) is 42.5 Å². The Morgan fingerprint density at radius 2 is 1.63 bits per heavy atom. The Bertz CT molecular complexity index is 925. The summed E-state index contributed by atoms with van der Waals surface area (Å²) in [4.78, 5) is 48.4. The van der Waals surface area contributed by atoms with Crippen molar-refractivity contribution in [2.75, 3.05) is 13.2 Å². The molecule has 160 valence electrons. The first-order valence-corrected chi connectivity index (χ1v) is 9.67. The van der Waals surface area contributed by atoms with Crippen LogP contribution >= 0.6 is 0 Å². The van der Waals surface area contributed by atoms with Crippen molar-refractivity contribution in [2.45, 2.75) is 32.7 Å². The van der Waals surface area contributed by atoms with Gasteiger partial charge in [0.15, 0.2) is 0 Å². The number of nitrogens with one attached hydrogen (secondary N) is 1. The monoisotopic (exact) mass is 415 g/mol. The van der Waals surface area contributed by atoms with Crippen LogP contribution in [0.15, 0.2) is 42.5 Å². The van der Waals surface area contributed by atoms with Crippen molar-refractivity contribution in [1.82, 2.24) is 5.32 Å². The summed E-state index contributed by atoms with van der Waals surface area (Å²) in [5, 5.41) is 13.9. The minimum Gasteiger partial charge on any atom is -0.480 e. The molecule has 0 saturated carbocycles. The van der Waals surface area contributed by atoms with Gasteiger partial charge in [0, 0.05) is 0 Å². The number of amides is 1. The molecule has 0 saturated heterocycles.